The van der Waals surface area contributed by atoms with E-state index in [1.165, 1.54) is 25.7 Å². The summed E-state index contributed by atoms with van der Waals surface area (Å²) in [7, 11) is 0. The Morgan fingerprint density at radius 1 is 1.29 bits per heavy atom. The normalized spacial score (nSPS) is 16.5. The molecule has 4 heteroatoms. The summed E-state index contributed by atoms with van der Waals surface area (Å²) >= 11 is 5.47. The number of hydrogen-bond acceptors (Lipinski definition) is 2. The molecule has 0 aromatic heterocycles. The molecule has 1 aliphatic carbocycles. The molecular formula is C17H23N3S. The monoisotopic (exact) mass is 301 g/mol. The van der Waals surface area contributed by atoms with Crippen molar-refractivity contribution in [1.29, 1.82) is 5.26 Å². The Hall–Kier alpha value is -1.60. The second kappa shape index (κ2) is 6.91. The summed E-state index contributed by atoms with van der Waals surface area (Å²) in [5.41, 5.74) is 2.13. The average molecular weight is 301 g/mol. The second-order valence-electron chi connectivity index (χ2n) is 6.13. The highest BCUT2D eigenvalue weighted by Crippen LogP contribution is 2.35. The molecule has 2 rings (SSSR count). The van der Waals surface area contributed by atoms with E-state index in [0.29, 0.717) is 17.5 Å². The van der Waals surface area contributed by atoms with Crippen LogP contribution in [0.1, 0.15) is 45.1 Å². The highest BCUT2D eigenvalue weighted by Gasteiger charge is 2.37. The second-order valence-corrected chi connectivity index (χ2v) is 6.54. The molecule has 0 spiro atoms. The zero-order chi connectivity index (χ0) is 15.3. The van der Waals surface area contributed by atoms with Crippen LogP contribution >= 0.6 is 12.2 Å². The van der Waals surface area contributed by atoms with Crippen molar-refractivity contribution in [3.05, 3.63) is 29.8 Å². The van der Waals surface area contributed by atoms with Gasteiger partial charge in [0.2, 0.25) is 0 Å². The molecule has 1 saturated carbocycles. The lowest BCUT2D eigenvalue weighted by molar-refractivity contribution is 0.283. The number of nitrogens with one attached hydrogen (secondary N) is 2. The number of nitrogens with zero attached hydrogens (tertiary/aromatic N) is 1. The van der Waals surface area contributed by atoms with Crippen LogP contribution < -0.4 is 10.6 Å². The molecule has 2 N–H and O–H groups in total. The molecule has 1 aromatic carbocycles. The van der Waals surface area contributed by atoms with Gasteiger partial charge in [0.05, 0.1) is 12.5 Å². The van der Waals surface area contributed by atoms with Crippen molar-refractivity contribution in [1.82, 2.24) is 5.32 Å². The first-order chi connectivity index (χ1) is 10.1. The van der Waals surface area contributed by atoms with Crippen LogP contribution in [-0.2, 0) is 6.42 Å². The highest BCUT2D eigenvalue weighted by molar-refractivity contribution is 7.80. The Bertz CT molecular complexity index is 522. The Kier molecular flexibility index (Phi) is 5.19. The van der Waals surface area contributed by atoms with Gasteiger partial charge in [-0.05, 0) is 48.7 Å². The topological polar surface area (TPSA) is 47.8 Å². The third kappa shape index (κ3) is 3.95. The van der Waals surface area contributed by atoms with E-state index in [1.54, 1.807) is 0 Å². The quantitative estimate of drug-likeness (QED) is 0.825. The van der Waals surface area contributed by atoms with Crippen molar-refractivity contribution in [2.24, 2.45) is 5.92 Å². The van der Waals surface area contributed by atoms with Crippen molar-refractivity contribution in [3.63, 3.8) is 0 Å². The molecule has 0 radical (unpaired) electrons. The van der Waals surface area contributed by atoms with E-state index < -0.39 is 0 Å². The average Bonchev–Trinajstić information content (AvgIpc) is 2.91. The smallest absolute Gasteiger partial charge is 0.171 e. The van der Waals surface area contributed by atoms with Crippen molar-refractivity contribution < 1.29 is 0 Å². The molecule has 0 aliphatic heterocycles. The van der Waals surface area contributed by atoms with Crippen LogP contribution in [0.15, 0.2) is 24.3 Å². The van der Waals surface area contributed by atoms with Crippen molar-refractivity contribution in [3.8, 4) is 6.07 Å². The minimum Gasteiger partial charge on any atom is -0.357 e. The number of hydrogen-bond donors (Lipinski definition) is 2. The van der Waals surface area contributed by atoms with Crippen molar-refractivity contribution in [2.75, 3.05) is 5.32 Å². The summed E-state index contributed by atoms with van der Waals surface area (Å²) in [5, 5.41) is 16.2. The minimum atomic E-state index is 0.144. The van der Waals surface area contributed by atoms with Gasteiger partial charge >= 0.3 is 0 Å². The number of nitriles is 1. The lowest BCUT2D eigenvalue weighted by Crippen LogP contribution is -2.51. The largest absolute Gasteiger partial charge is 0.357 e. The molecule has 0 bridgehead atoms. The minimum absolute atomic E-state index is 0.144. The maximum atomic E-state index is 8.68. The van der Waals surface area contributed by atoms with Crippen LogP contribution in [0.5, 0.6) is 0 Å². The van der Waals surface area contributed by atoms with Crippen LogP contribution in [0.3, 0.4) is 0 Å². The fourth-order valence-electron chi connectivity index (χ4n) is 3.04. The van der Waals surface area contributed by atoms with E-state index in [0.717, 1.165) is 11.3 Å². The van der Waals surface area contributed by atoms with Gasteiger partial charge in [-0.25, -0.2) is 0 Å². The standard InChI is InChI=1S/C17H23N3S/c1-13(2)17(10-3-4-11-17)20-16(21)19-15-7-5-14(6-8-15)9-12-18/h5-8,13H,3-4,9-11H2,1-2H3,(H2,19,20,21). The summed E-state index contributed by atoms with van der Waals surface area (Å²) in [6, 6.07) is 10.0. The zero-order valence-corrected chi connectivity index (χ0v) is 13.6. The van der Waals surface area contributed by atoms with Gasteiger partial charge in [0.1, 0.15) is 0 Å². The van der Waals surface area contributed by atoms with E-state index in [-0.39, 0.29) is 5.54 Å². The lowest BCUT2D eigenvalue weighted by Gasteiger charge is -2.35. The van der Waals surface area contributed by atoms with Crippen LogP contribution in [0.4, 0.5) is 5.69 Å². The molecule has 0 atom stereocenters. The molecule has 0 amide bonds. The summed E-state index contributed by atoms with van der Waals surface area (Å²) in [6.45, 7) is 4.52. The predicted molar refractivity (Wildman–Crippen MR) is 91.2 cm³/mol. The molecular weight excluding hydrogens is 278 g/mol. The van der Waals surface area contributed by atoms with Gasteiger partial charge in [-0.1, -0.05) is 38.8 Å². The lowest BCUT2D eigenvalue weighted by atomic mass is 9.85. The highest BCUT2D eigenvalue weighted by atomic mass is 32.1. The summed E-state index contributed by atoms with van der Waals surface area (Å²) in [6.07, 6.45) is 5.37. The fraction of sp³-hybridized carbons (Fsp3) is 0.529. The number of rotatable bonds is 4. The van der Waals surface area contributed by atoms with E-state index in [4.69, 9.17) is 17.5 Å². The van der Waals surface area contributed by atoms with Gasteiger partial charge in [-0.3, -0.25) is 0 Å². The molecule has 0 unspecified atom stereocenters. The number of thiocarbonyl (C=S) groups is 1. The van der Waals surface area contributed by atoms with E-state index >= 15 is 0 Å². The number of anilines is 1. The molecule has 21 heavy (non-hydrogen) atoms. The maximum absolute atomic E-state index is 8.68. The Morgan fingerprint density at radius 3 is 2.43 bits per heavy atom. The molecule has 3 nitrogen and oxygen atoms in total. The first-order valence-corrected chi connectivity index (χ1v) is 8.01. The van der Waals surface area contributed by atoms with E-state index in [2.05, 4.69) is 30.6 Å². The SMILES string of the molecule is CC(C)C1(NC(=S)Nc2ccc(CC#N)cc2)CCCC1. The Morgan fingerprint density at radius 2 is 1.90 bits per heavy atom. The third-order valence-corrected chi connectivity index (χ3v) is 4.66. The van der Waals surface area contributed by atoms with Crippen LogP contribution in [0.25, 0.3) is 0 Å². The first-order valence-electron chi connectivity index (χ1n) is 7.61. The van der Waals surface area contributed by atoms with Gasteiger partial charge in [0, 0.05) is 11.2 Å². The Labute approximate surface area is 132 Å². The zero-order valence-electron chi connectivity index (χ0n) is 12.8. The summed E-state index contributed by atoms with van der Waals surface area (Å²) in [5.74, 6) is 0.567. The van der Waals surface area contributed by atoms with Gasteiger partial charge < -0.3 is 10.6 Å². The van der Waals surface area contributed by atoms with E-state index in [1.807, 2.05) is 24.3 Å². The summed E-state index contributed by atoms with van der Waals surface area (Å²) < 4.78 is 0. The fourth-order valence-corrected chi connectivity index (χ4v) is 3.36. The molecule has 0 heterocycles. The summed E-state index contributed by atoms with van der Waals surface area (Å²) in [4.78, 5) is 0. The predicted octanol–water partition coefficient (Wildman–Crippen LogP) is 4.01. The molecule has 1 aromatic rings. The van der Waals surface area contributed by atoms with Gasteiger partial charge in [-0.2, -0.15) is 5.26 Å². The van der Waals surface area contributed by atoms with Crippen LogP contribution in [0, 0.1) is 17.2 Å². The molecule has 112 valence electrons. The van der Waals surface area contributed by atoms with Gasteiger partial charge in [0.25, 0.3) is 0 Å². The van der Waals surface area contributed by atoms with Crippen LogP contribution in [0.2, 0.25) is 0 Å². The Balaban J connectivity index is 1.96. The van der Waals surface area contributed by atoms with Gasteiger partial charge in [-0.15, -0.1) is 0 Å². The third-order valence-electron chi connectivity index (χ3n) is 4.46. The number of benzene rings is 1. The van der Waals surface area contributed by atoms with Crippen LogP contribution in [-0.4, -0.2) is 10.7 Å². The molecule has 1 fully saturated rings. The molecule has 1 aliphatic rings. The molecule has 0 saturated heterocycles. The first kappa shape index (κ1) is 15.8. The van der Waals surface area contributed by atoms with Crippen molar-refractivity contribution >= 4 is 23.0 Å². The van der Waals surface area contributed by atoms with Gasteiger partial charge in [0.15, 0.2) is 5.11 Å². The van der Waals surface area contributed by atoms with E-state index in [9.17, 15) is 0 Å². The maximum Gasteiger partial charge on any atom is 0.171 e. The van der Waals surface area contributed by atoms with Crippen molar-refractivity contribution in [2.45, 2.75) is 51.5 Å².